The molecule has 6 nitrogen and oxygen atoms in total. The van der Waals surface area contributed by atoms with E-state index in [-0.39, 0.29) is 17.4 Å². The van der Waals surface area contributed by atoms with Gasteiger partial charge < -0.3 is 15.2 Å². The van der Waals surface area contributed by atoms with Gasteiger partial charge in [-0.05, 0) is 47.7 Å². The highest BCUT2D eigenvalue weighted by Crippen LogP contribution is 2.21. The maximum Gasteiger partial charge on any atom is 0.250 e. The molecule has 2 N–H and O–H groups in total. The highest BCUT2D eigenvalue weighted by atomic mass is 16.2. The molecule has 6 heteroatoms. The van der Waals surface area contributed by atoms with Crippen LogP contribution in [0.25, 0.3) is 11.1 Å². The van der Waals surface area contributed by atoms with Crippen molar-refractivity contribution < 1.29 is 4.79 Å². The first kappa shape index (κ1) is 24.1. The van der Waals surface area contributed by atoms with Crippen LogP contribution >= 0.6 is 0 Å². The van der Waals surface area contributed by atoms with Gasteiger partial charge >= 0.3 is 0 Å². The summed E-state index contributed by atoms with van der Waals surface area (Å²) in [6, 6.07) is 24.7. The van der Waals surface area contributed by atoms with Gasteiger partial charge in [-0.1, -0.05) is 67.1 Å². The predicted octanol–water partition coefficient (Wildman–Crippen LogP) is 4.83. The summed E-state index contributed by atoms with van der Waals surface area (Å²) in [5, 5.41) is 6.37. The lowest BCUT2D eigenvalue weighted by molar-refractivity contribution is -0.118. The molecule has 0 saturated heterocycles. The van der Waals surface area contributed by atoms with Gasteiger partial charge in [0, 0.05) is 37.6 Å². The monoisotopic (exact) mass is 466 g/mol. The van der Waals surface area contributed by atoms with Crippen molar-refractivity contribution in [2.75, 3.05) is 11.9 Å². The Balaban J connectivity index is 1.47. The molecule has 0 radical (unpaired) electrons. The average Bonchev–Trinajstić information content (AvgIpc) is 2.87. The summed E-state index contributed by atoms with van der Waals surface area (Å²) in [4.78, 5) is 29.6. The van der Waals surface area contributed by atoms with E-state index in [2.05, 4.69) is 53.7 Å². The van der Waals surface area contributed by atoms with E-state index in [0.717, 1.165) is 16.7 Å². The van der Waals surface area contributed by atoms with Crippen LogP contribution in [-0.2, 0) is 11.8 Å². The van der Waals surface area contributed by atoms with Crippen LogP contribution in [-0.4, -0.2) is 22.0 Å². The Morgan fingerprint density at radius 2 is 1.69 bits per heavy atom. The van der Waals surface area contributed by atoms with Gasteiger partial charge in [-0.25, -0.2) is 4.98 Å². The summed E-state index contributed by atoms with van der Waals surface area (Å²) in [7, 11) is 1.71. The van der Waals surface area contributed by atoms with Gasteiger partial charge in [-0.2, -0.15) is 0 Å². The third kappa shape index (κ3) is 6.11. The largest absolute Gasteiger partial charge is 0.319 e. The third-order valence-electron chi connectivity index (χ3n) is 6.12. The van der Waals surface area contributed by atoms with E-state index >= 15 is 0 Å². The zero-order valence-electron chi connectivity index (χ0n) is 20.2. The topological polar surface area (TPSA) is 76.0 Å². The van der Waals surface area contributed by atoms with Crippen molar-refractivity contribution >= 4 is 11.7 Å². The Bertz CT molecular complexity index is 1330. The first-order valence-electron chi connectivity index (χ1n) is 11.7. The standard InChI is InChI=1S/C29H30N4O2/c1-20-9-11-22(12-10-20)21(2)18-31-28(23-7-5-4-6-8-23)29(35)32-26-14-13-25(19-30-26)24-15-16-33(3)27(34)17-24/h4-17,19,21,28,31H,18H2,1-3H3,(H,30,32,35)/t21-,28-/m1/s1. The highest BCUT2D eigenvalue weighted by Gasteiger charge is 2.21. The van der Waals surface area contributed by atoms with Crippen LogP contribution in [0.4, 0.5) is 5.82 Å². The Morgan fingerprint density at radius 1 is 0.943 bits per heavy atom. The summed E-state index contributed by atoms with van der Waals surface area (Å²) in [6.07, 6.45) is 3.38. The van der Waals surface area contributed by atoms with Crippen LogP contribution in [0.2, 0.25) is 0 Å². The van der Waals surface area contributed by atoms with Gasteiger partial charge in [0.05, 0.1) is 0 Å². The normalized spacial score (nSPS) is 12.7. The molecule has 178 valence electrons. The molecule has 2 atom stereocenters. The maximum atomic E-state index is 13.3. The molecule has 4 rings (SSSR count). The molecule has 1 amide bonds. The number of carbonyl (C=O) groups is 1. The SMILES string of the molecule is Cc1ccc([C@H](C)CN[C@@H](C(=O)Nc2ccc(-c3ccn(C)c(=O)c3)cn2)c2ccccc2)cc1. The molecule has 2 aromatic carbocycles. The molecule has 4 aromatic rings. The van der Waals surface area contributed by atoms with Gasteiger partial charge in [-0.15, -0.1) is 0 Å². The molecule has 0 unspecified atom stereocenters. The molecule has 0 saturated carbocycles. The minimum Gasteiger partial charge on any atom is -0.319 e. The molecule has 2 aromatic heterocycles. The number of hydrogen-bond acceptors (Lipinski definition) is 4. The molecule has 0 spiro atoms. The number of anilines is 1. The average molecular weight is 467 g/mol. The molecular formula is C29H30N4O2. The van der Waals surface area contributed by atoms with Crippen molar-refractivity contribution in [3.05, 3.63) is 118 Å². The van der Waals surface area contributed by atoms with Crippen LogP contribution in [0.15, 0.2) is 96.1 Å². The smallest absolute Gasteiger partial charge is 0.250 e. The van der Waals surface area contributed by atoms with Crippen molar-refractivity contribution in [1.29, 1.82) is 0 Å². The quantitative estimate of drug-likeness (QED) is 0.390. The van der Waals surface area contributed by atoms with Crippen molar-refractivity contribution in [3.8, 4) is 11.1 Å². The lowest BCUT2D eigenvalue weighted by Gasteiger charge is -2.21. The fraction of sp³-hybridized carbons (Fsp3) is 0.207. The molecule has 2 heterocycles. The van der Waals surface area contributed by atoms with Crippen molar-refractivity contribution in [2.24, 2.45) is 7.05 Å². The van der Waals surface area contributed by atoms with E-state index in [1.807, 2.05) is 42.5 Å². The molecule has 0 aliphatic rings. The second kappa shape index (κ2) is 10.9. The number of pyridine rings is 2. The molecule has 35 heavy (non-hydrogen) atoms. The van der Waals surface area contributed by atoms with Crippen LogP contribution in [0.3, 0.4) is 0 Å². The Hall–Kier alpha value is -4.03. The molecule has 0 aliphatic heterocycles. The van der Waals surface area contributed by atoms with Crippen molar-refractivity contribution in [1.82, 2.24) is 14.9 Å². The predicted molar refractivity (Wildman–Crippen MR) is 140 cm³/mol. The first-order chi connectivity index (χ1) is 16.9. The number of aromatic nitrogens is 2. The maximum absolute atomic E-state index is 13.3. The van der Waals surface area contributed by atoms with E-state index in [4.69, 9.17) is 0 Å². The number of carbonyl (C=O) groups excluding carboxylic acids is 1. The van der Waals surface area contributed by atoms with Gasteiger partial charge in [0.1, 0.15) is 11.9 Å². The number of hydrogen-bond donors (Lipinski definition) is 2. The molecule has 0 aliphatic carbocycles. The number of nitrogens with one attached hydrogen (secondary N) is 2. The summed E-state index contributed by atoms with van der Waals surface area (Å²) in [6.45, 7) is 4.87. The number of benzene rings is 2. The van der Waals surface area contributed by atoms with Crippen LogP contribution in [0, 0.1) is 6.92 Å². The van der Waals surface area contributed by atoms with Crippen LogP contribution < -0.4 is 16.2 Å². The van der Waals surface area contributed by atoms with Crippen molar-refractivity contribution in [3.63, 3.8) is 0 Å². The second-order valence-electron chi connectivity index (χ2n) is 8.85. The minimum absolute atomic E-state index is 0.0866. The van der Waals surface area contributed by atoms with E-state index in [1.54, 1.807) is 31.6 Å². The van der Waals surface area contributed by atoms with Crippen molar-refractivity contribution in [2.45, 2.75) is 25.8 Å². The van der Waals surface area contributed by atoms with E-state index in [9.17, 15) is 9.59 Å². The van der Waals surface area contributed by atoms with Crippen LogP contribution in [0.1, 0.15) is 35.6 Å². The Kier molecular flexibility index (Phi) is 7.53. The van der Waals surface area contributed by atoms with Gasteiger partial charge in [0.25, 0.3) is 5.56 Å². The minimum atomic E-state index is -0.525. The first-order valence-corrected chi connectivity index (χ1v) is 11.7. The molecular weight excluding hydrogens is 436 g/mol. The van der Waals surface area contributed by atoms with Gasteiger partial charge in [-0.3, -0.25) is 9.59 Å². The second-order valence-corrected chi connectivity index (χ2v) is 8.85. The zero-order valence-corrected chi connectivity index (χ0v) is 20.2. The summed E-state index contributed by atoms with van der Waals surface area (Å²) in [5.74, 6) is 0.517. The van der Waals surface area contributed by atoms with Gasteiger partial charge in [0.15, 0.2) is 0 Å². The van der Waals surface area contributed by atoms with Gasteiger partial charge in [0.2, 0.25) is 5.91 Å². The number of rotatable bonds is 8. The summed E-state index contributed by atoms with van der Waals surface area (Å²) in [5.41, 5.74) is 4.85. The molecule has 0 fully saturated rings. The zero-order chi connectivity index (χ0) is 24.8. The lowest BCUT2D eigenvalue weighted by Crippen LogP contribution is -2.35. The fourth-order valence-electron chi connectivity index (χ4n) is 3.88. The number of amides is 1. The third-order valence-corrected chi connectivity index (χ3v) is 6.12. The van der Waals surface area contributed by atoms with E-state index in [1.165, 1.54) is 15.7 Å². The Morgan fingerprint density at radius 3 is 2.34 bits per heavy atom. The number of aryl methyl sites for hydroxylation is 2. The van der Waals surface area contributed by atoms with E-state index < -0.39 is 6.04 Å². The lowest BCUT2D eigenvalue weighted by atomic mass is 9.98. The fourth-order valence-corrected chi connectivity index (χ4v) is 3.88. The van der Waals surface area contributed by atoms with E-state index in [0.29, 0.717) is 12.4 Å². The highest BCUT2D eigenvalue weighted by molar-refractivity contribution is 5.95. The summed E-state index contributed by atoms with van der Waals surface area (Å²) < 4.78 is 1.52. The van der Waals surface area contributed by atoms with Crippen LogP contribution in [0.5, 0.6) is 0 Å². The Labute approximate surface area is 205 Å². The number of nitrogens with zero attached hydrogens (tertiary/aromatic N) is 2. The summed E-state index contributed by atoms with van der Waals surface area (Å²) >= 11 is 0. The molecule has 0 bridgehead atoms.